The predicted octanol–water partition coefficient (Wildman–Crippen LogP) is 5.32. The minimum absolute atomic E-state index is 0.0773. The molecule has 7 heteroatoms. The van der Waals surface area contributed by atoms with E-state index >= 15 is 0 Å². The molecular weight excluding hydrogens is 408 g/mol. The van der Waals surface area contributed by atoms with E-state index in [2.05, 4.69) is 18.4 Å². The number of benzene rings is 2. The summed E-state index contributed by atoms with van der Waals surface area (Å²) in [7, 11) is 0. The molecule has 1 aromatic heterocycles. The second kappa shape index (κ2) is 9.31. The molecule has 0 N–H and O–H groups in total. The highest BCUT2D eigenvalue weighted by Gasteiger charge is 2.26. The molecule has 1 aliphatic heterocycles. The highest BCUT2D eigenvalue weighted by molar-refractivity contribution is 8.00. The number of thioether (sulfide) groups is 2. The van der Waals surface area contributed by atoms with Crippen LogP contribution in [0.2, 0.25) is 0 Å². The molecule has 4 nitrogen and oxygen atoms in total. The van der Waals surface area contributed by atoms with E-state index in [9.17, 15) is 4.79 Å². The number of nitrogens with zero attached hydrogens (tertiary/aromatic N) is 2. The van der Waals surface area contributed by atoms with E-state index in [1.165, 1.54) is 4.90 Å². The maximum Gasteiger partial charge on any atom is 0.239 e. The number of rotatable bonds is 7. The summed E-state index contributed by atoms with van der Waals surface area (Å²) in [5.74, 6) is 0.469. The van der Waals surface area contributed by atoms with E-state index in [0.29, 0.717) is 12.3 Å². The van der Waals surface area contributed by atoms with Crippen molar-refractivity contribution in [2.75, 3.05) is 30.1 Å². The number of hydrogen-bond donors (Lipinski definition) is 0. The summed E-state index contributed by atoms with van der Waals surface area (Å²) >= 11 is 4.86. The first kappa shape index (κ1) is 19.8. The summed E-state index contributed by atoms with van der Waals surface area (Å²) in [6.45, 7) is 1.35. The van der Waals surface area contributed by atoms with Gasteiger partial charge in [0.1, 0.15) is 0 Å². The van der Waals surface area contributed by atoms with Gasteiger partial charge in [-0.2, -0.15) is 0 Å². The highest BCUT2D eigenvalue weighted by Crippen LogP contribution is 2.33. The van der Waals surface area contributed by atoms with Crippen molar-refractivity contribution in [2.45, 2.75) is 28.7 Å². The second-order valence-corrected chi connectivity index (χ2v) is 9.51. The number of ether oxygens (including phenoxy) is 1. The van der Waals surface area contributed by atoms with Gasteiger partial charge < -0.3 is 4.74 Å². The molecular formula is C21H22N2O2S3. The fourth-order valence-electron chi connectivity index (χ4n) is 3.15. The Labute approximate surface area is 177 Å². The van der Waals surface area contributed by atoms with Crippen LogP contribution in [0.1, 0.15) is 12.8 Å². The van der Waals surface area contributed by atoms with Gasteiger partial charge in [0.15, 0.2) is 5.13 Å². The van der Waals surface area contributed by atoms with Gasteiger partial charge in [0, 0.05) is 16.4 Å². The van der Waals surface area contributed by atoms with E-state index in [1.807, 2.05) is 41.3 Å². The van der Waals surface area contributed by atoms with Crippen LogP contribution in [0.4, 0.5) is 5.13 Å². The van der Waals surface area contributed by atoms with Crippen LogP contribution in [-0.2, 0) is 9.53 Å². The molecule has 146 valence electrons. The average molecular weight is 431 g/mol. The van der Waals surface area contributed by atoms with E-state index in [1.54, 1.807) is 34.9 Å². The SMILES string of the molecule is CSc1ccc2nc(N(CC3CCCO3)C(=O)CSc3ccccc3)sc2c1. The van der Waals surface area contributed by atoms with Gasteiger partial charge in [0.25, 0.3) is 0 Å². The molecule has 1 unspecified atom stereocenters. The largest absolute Gasteiger partial charge is 0.376 e. The lowest BCUT2D eigenvalue weighted by atomic mass is 10.2. The Kier molecular flexibility index (Phi) is 6.57. The zero-order chi connectivity index (χ0) is 19.3. The van der Waals surface area contributed by atoms with Gasteiger partial charge in [-0.15, -0.1) is 23.5 Å². The van der Waals surface area contributed by atoms with Gasteiger partial charge in [-0.1, -0.05) is 29.5 Å². The van der Waals surface area contributed by atoms with Gasteiger partial charge in [-0.3, -0.25) is 9.69 Å². The third-order valence-electron chi connectivity index (χ3n) is 4.63. The van der Waals surface area contributed by atoms with Gasteiger partial charge in [-0.25, -0.2) is 4.98 Å². The van der Waals surface area contributed by atoms with Crippen molar-refractivity contribution >= 4 is 56.1 Å². The normalized spacial score (nSPS) is 16.5. The number of aromatic nitrogens is 1. The first-order chi connectivity index (χ1) is 13.7. The number of thiazole rings is 1. The third-order valence-corrected chi connectivity index (χ3v) is 7.40. The Balaban J connectivity index is 1.56. The fourth-order valence-corrected chi connectivity index (χ4v) is 5.49. The Morgan fingerprint density at radius 1 is 1.25 bits per heavy atom. The molecule has 0 spiro atoms. The molecule has 1 saturated heterocycles. The van der Waals surface area contributed by atoms with Crippen molar-refractivity contribution in [1.82, 2.24) is 4.98 Å². The summed E-state index contributed by atoms with van der Waals surface area (Å²) in [6, 6.07) is 16.3. The minimum Gasteiger partial charge on any atom is -0.376 e. The van der Waals surface area contributed by atoms with Crippen LogP contribution < -0.4 is 4.90 Å². The third kappa shape index (κ3) is 4.71. The summed E-state index contributed by atoms with van der Waals surface area (Å²) < 4.78 is 6.91. The van der Waals surface area contributed by atoms with E-state index in [-0.39, 0.29) is 12.0 Å². The number of hydrogen-bond acceptors (Lipinski definition) is 6. The van der Waals surface area contributed by atoms with Crippen LogP contribution in [0.15, 0.2) is 58.3 Å². The summed E-state index contributed by atoms with van der Waals surface area (Å²) in [4.78, 5) is 22.0. The quantitative estimate of drug-likeness (QED) is 0.475. The summed E-state index contributed by atoms with van der Waals surface area (Å²) in [6.07, 6.45) is 4.22. The standard InChI is InChI=1S/C21H22N2O2S3/c1-26-17-9-10-18-19(12-17)28-21(22-18)23(13-15-6-5-11-25-15)20(24)14-27-16-7-3-2-4-8-16/h2-4,7-10,12,15H,5-6,11,13-14H2,1H3. The zero-order valence-electron chi connectivity index (χ0n) is 15.7. The molecule has 2 heterocycles. The van der Waals surface area contributed by atoms with Crippen molar-refractivity contribution in [3.05, 3.63) is 48.5 Å². The number of fused-ring (bicyclic) bond motifs is 1. The lowest BCUT2D eigenvalue weighted by Crippen LogP contribution is -2.38. The summed E-state index contributed by atoms with van der Waals surface area (Å²) in [5, 5.41) is 0.766. The molecule has 0 bridgehead atoms. The lowest BCUT2D eigenvalue weighted by molar-refractivity contribution is -0.116. The number of amides is 1. The van der Waals surface area contributed by atoms with Crippen LogP contribution >= 0.6 is 34.9 Å². The maximum atomic E-state index is 13.1. The first-order valence-electron chi connectivity index (χ1n) is 9.27. The van der Waals surface area contributed by atoms with E-state index < -0.39 is 0 Å². The van der Waals surface area contributed by atoms with Crippen LogP contribution in [0.3, 0.4) is 0 Å². The molecule has 0 saturated carbocycles. The monoisotopic (exact) mass is 430 g/mol. The van der Waals surface area contributed by atoms with Crippen molar-refractivity contribution < 1.29 is 9.53 Å². The minimum atomic E-state index is 0.0773. The Bertz CT molecular complexity index is 939. The van der Waals surface area contributed by atoms with Crippen molar-refractivity contribution in [2.24, 2.45) is 0 Å². The molecule has 2 aromatic carbocycles. The molecule has 28 heavy (non-hydrogen) atoms. The lowest BCUT2D eigenvalue weighted by Gasteiger charge is -2.23. The van der Waals surface area contributed by atoms with Crippen molar-refractivity contribution in [1.29, 1.82) is 0 Å². The van der Waals surface area contributed by atoms with Gasteiger partial charge in [0.05, 0.1) is 28.6 Å². The zero-order valence-corrected chi connectivity index (χ0v) is 18.1. The molecule has 1 fully saturated rings. The topological polar surface area (TPSA) is 42.4 Å². The predicted molar refractivity (Wildman–Crippen MR) is 120 cm³/mol. The van der Waals surface area contributed by atoms with Gasteiger partial charge in [0.2, 0.25) is 5.91 Å². The second-order valence-electron chi connectivity index (χ2n) is 6.57. The molecule has 3 aromatic rings. The molecule has 1 amide bonds. The van der Waals surface area contributed by atoms with E-state index in [0.717, 1.165) is 39.7 Å². The summed E-state index contributed by atoms with van der Waals surface area (Å²) in [5.41, 5.74) is 0.943. The highest BCUT2D eigenvalue weighted by atomic mass is 32.2. The Hall–Kier alpha value is -1.54. The molecule has 0 radical (unpaired) electrons. The molecule has 1 atom stereocenters. The average Bonchev–Trinajstić information content (AvgIpc) is 3.39. The van der Waals surface area contributed by atoms with Crippen LogP contribution in [0, 0.1) is 0 Å². The van der Waals surface area contributed by atoms with Crippen LogP contribution in [0.5, 0.6) is 0 Å². The Morgan fingerprint density at radius 3 is 2.86 bits per heavy atom. The van der Waals surface area contributed by atoms with Crippen molar-refractivity contribution in [3.63, 3.8) is 0 Å². The molecule has 1 aliphatic rings. The number of anilines is 1. The maximum absolute atomic E-state index is 13.1. The van der Waals surface area contributed by atoms with Crippen LogP contribution in [-0.4, -0.2) is 42.2 Å². The number of carbonyl (C=O) groups excluding carboxylic acids is 1. The van der Waals surface area contributed by atoms with E-state index in [4.69, 9.17) is 9.72 Å². The van der Waals surface area contributed by atoms with Crippen LogP contribution in [0.25, 0.3) is 10.2 Å². The fraction of sp³-hybridized carbons (Fsp3) is 0.333. The smallest absolute Gasteiger partial charge is 0.239 e. The molecule has 0 aliphatic carbocycles. The number of carbonyl (C=O) groups is 1. The molecule has 4 rings (SSSR count). The first-order valence-corrected chi connectivity index (χ1v) is 12.3. The van der Waals surface area contributed by atoms with Crippen molar-refractivity contribution in [3.8, 4) is 0 Å². The Morgan fingerprint density at radius 2 is 2.11 bits per heavy atom. The van der Waals surface area contributed by atoms with Gasteiger partial charge >= 0.3 is 0 Å². The van der Waals surface area contributed by atoms with Gasteiger partial charge in [-0.05, 0) is 49.4 Å².